The minimum atomic E-state index is -0.626. The Balaban J connectivity index is 2.00. The van der Waals surface area contributed by atoms with E-state index in [4.69, 9.17) is 11.6 Å². The van der Waals surface area contributed by atoms with Gasteiger partial charge in [-0.05, 0) is 12.1 Å². The fourth-order valence-corrected chi connectivity index (χ4v) is 1.97. The predicted octanol–water partition coefficient (Wildman–Crippen LogP) is 3.00. The van der Waals surface area contributed by atoms with Crippen LogP contribution in [0.5, 0.6) is 0 Å². The van der Waals surface area contributed by atoms with Crippen molar-refractivity contribution >= 4 is 34.2 Å². The number of carbonyl (C=O) groups is 1. The van der Waals surface area contributed by atoms with Crippen LogP contribution in [0, 0.1) is 5.82 Å². The first-order valence-corrected chi connectivity index (χ1v) is 6.07. The van der Waals surface area contributed by atoms with E-state index >= 15 is 0 Å². The van der Waals surface area contributed by atoms with Crippen LogP contribution in [0.15, 0.2) is 36.9 Å². The molecular weight excluding hydrogens is 283 g/mol. The first kappa shape index (κ1) is 12.6. The highest BCUT2D eigenvalue weighted by atomic mass is 35.5. The van der Waals surface area contributed by atoms with Crippen LogP contribution in [0.25, 0.3) is 11.0 Å². The molecule has 0 atom stereocenters. The van der Waals surface area contributed by atoms with Crippen LogP contribution in [0.2, 0.25) is 5.02 Å². The van der Waals surface area contributed by atoms with Crippen molar-refractivity contribution in [1.82, 2.24) is 15.0 Å². The molecule has 0 radical (unpaired) electrons. The Morgan fingerprint density at radius 2 is 2.25 bits per heavy atom. The Hall–Kier alpha value is -2.47. The third-order valence-corrected chi connectivity index (χ3v) is 3.03. The second-order valence-electron chi connectivity index (χ2n) is 4.04. The molecule has 0 aliphatic heterocycles. The molecule has 100 valence electrons. The van der Waals surface area contributed by atoms with E-state index in [9.17, 15) is 9.18 Å². The number of carbonyl (C=O) groups excluding carboxylic acids is 1. The Kier molecular flexibility index (Phi) is 3.08. The second kappa shape index (κ2) is 4.90. The van der Waals surface area contributed by atoms with Crippen LogP contribution < -0.4 is 5.32 Å². The minimum absolute atomic E-state index is 0.103. The zero-order valence-corrected chi connectivity index (χ0v) is 10.8. The molecule has 0 aliphatic carbocycles. The van der Waals surface area contributed by atoms with Crippen molar-refractivity contribution in [3.05, 3.63) is 53.3 Å². The molecule has 5 nitrogen and oxygen atoms in total. The summed E-state index contributed by atoms with van der Waals surface area (Å²) in [4.78, 5) is 22.6. The highest BCUT2D eigenvalue weighted by Gasteiger charge is 2.15. The number of H-pyrrole nitrogens is 1. The maximum absolute atomic E-state index is 14.0. The lowest BCUT2D eigenvalue weighted by Crippen LogP contribution is -2.11. The molecule has 3 aromatic rings. The standard InChI is InChI=1S/C13H8ClFN4O/c14-8-5-17-12-10(11(8)15)9(6-18-12)19-13(20)7-2-1-3-16-4-7/h1-6H,(H,17,18)(H,19,20). The Labute approximate surface area is 117 Å². The first-order valence-electron chi connectivity index (χ1n) is 5.69. The average Bonchev–Trinajstić information content (AvgIpc) is 2.87. The maximum Gasteiger partial charge on any atom is 0.257 e. The van der Waals surface area contributed by atoms with Gasteiger partial charge in [0.05, 0.1) is 27.9 Å². The monoisotopic (exact) mass is 290 g/mol. The third-order valence-electron chi connectivity index (χ3n) is 2.77. The molecule has 3 aromatic heterocycles. The summed E-state index contributed by atoms with van der Waals surface area (Å²) in [6, 6.07) is 3.25. The van der Waals surface area contributed by atoms with Gasteiger partial charge in [-0.2, -0.15) is 0 Å². The molecule has 3 rings (SSSR count). The molecule has 0 aliphatic rings. The smallest absolute Gasteiger partial charge is 0.257 e. The van der Waals surface area contributed by atoms with Gasteiger partial charge in [0.1, 0.15) is 5.65 Å². The van der Waals surface area contributed by atoms with E-state index in [2.05, 4.69) is 20.3 Å². The van der Waals surface area contributed by atoms with Gasteiger partial charge in [0.25, 0.3) is 5.91 Å². The number of hydrogen-bond donors (Lipinski definition) is 2. The number of nitrogens with one attached hydrogen (secondary N) is 2. The van der Waals surface area contributed by atoms with Crippen molar-refractivity contribution in [1.29, 1.82) is 0 Å². The Bertz CT molecular complexity index is 788. The highest BCUT2D eigenvalue weighted by Crippen LogP contribution is 2.28. The summed E-state index contributed by atoms with van der Waals surface area (Å²) in [6.45, 7) is 0. The van der Waals surface area contributed by atoms with E-state index in [1.54, 1.807) is 18.3 Å². The quantitative estimate of drug-likeness (QED) is 0.762. The van der Waals surface area contributed by atoms with Gasteiger partial charge in [-0.25, -0.2) is 9.37 Å². The number of rotatable bonds is 2. The summed E-state index contributed by atoms with van der Waals surface area (Å²) in [5, 5.41) is 2.65. The number of halogens is 2. The van der Waals surface area contributed by atoms with Gasteiger partial charge in [0.15, 0.2) is 5.82 Å². The summed E-state index contributed by atoms with van der Waals surface area (Å²) in [7, 11) is 0. The van der Waals surface area contributed by atoms with Crippen LogP contribution in [0.1, 0.15) is 10.4 Å². The van der Waals surface area contributed by atoms with Crippen LogP contribution >= 0.6 is 11.6 Å². The molecule has 3 heterocycles. The van der Waals surface area contributed by atoms with E-state index in [0.717, 1.165) is 0 Å². The fourth-order valence-electron chi connectivity index (χ4n) is 1.82. The average molecular weight is 291 g/mol. The van der Waals surface area contributed by atoms with Crippen molar-refractivity contribution in [3.63, 3.8) is 0 Å². The molecule has 0 saturated carbocycles. The molecule has 0 unspecified atom stereocenters. The van der Waals surface area contributed by atoms with E-state index < -0.39 is 11.7 Å². The number of fused-ring (bicyclic) bond motifs is 1. The van der Waals surface area contributed by atoms with Gasteiger partial charge >= 0.3 is 0 Å². The number of anilines is 1. The molecule has 1 amide bonds. The molecule has 0 saturated heterocycles. The number of aromatic nitrogens is 3. The van der Waals surface area contributed by atoms with Gasteiger partial charge in [0.2, 0.25) is 0 Å². The van der Waals surface area contributed by atoms with Gasteiger partial charge in [-0.1, -0.05) is 11.6 Å². The van der Waals surface area contributed by atoms with Crippen LogP contribution in [-0.2, 0) is 0 Å². The summed E-state index contributed by atoms with van der Waals surface area (Å²) >= 11 is 5.70. The molecule has 0 fully saturated rings. The van der Waals surface area contributed by atoms with Crippen LogP contribution in [0.3, 0.4) is 0 Å². The summed E-state index contributed by atoms with van der Waals surface area (Å²) in [6.07, 6.45) is 5.66. The Morgan fingerprint density at radius 1 is 1.40 bits per heavy atom. The molecule has 0 bridgehead atoms. The van der Waals surface area contributed by atoms with Crippen LogP contribution in [0.4, 0.5) is 10.1 Å². The second-order valence-corrected chi connectivity index (χ2v) is 4.45. The molecule has 0 spiro atoms. The maximum atomic E-state index is 14.0. The number of hydrogen-bond acceptors (Lipinski definition) is 3. The molecule has 2 N–H and O–H groups in total. The van der Waals surface area contributed by atoms with E-state index in [-0.39, 0.29) is 16.1 Å². The van der Waals surface area contributed by atoms with Crippen molar-refractivity contribution in [3.8, 4) is 0 Å². The van der Waals surface area contributed by atoms with Gasteiger partial charge in [-0.3, -0.25) is 9.78 Å². The van der Waals surface area contributed by atoms with Gasteiger partial charge in [-0.15, -0.1) is 0 Å². The number of aromatic amines is 1. The van der Waals surface area contributed by atoms with Crippen molar-refractivity contribution in [2.75, 3.05) is 5.32 Å². The van der Waals surface area contributed by atoms with Gasteiger partial charge in [0, 0.05) is 18.6 Å². The molecule has 0 aromatic carbocycles. The Morgan fingerprint density at radius 3 is 3.00 bits per heavy atom. The lowest BCUT2D eigenvalue weighted by Gasteiger charge is -2.04. The molecule has 20 heavy (non-hydrogen) atoms. The van der Waals surface area contributed by atoms with E-state index in [1.807, 2.05) is 0 Å². The predicted molar refractivity (Wildman–Crippen MR) is 73.3 cm³/mol. The van der Waals surface area contributed by atoms with E-state index in [0.29, 0.717) is 11.2 Å². The highest BCUT2D eigenvalue weighted by molar-refractivity contribution is 6.31. The normalized spacial score (nSPS) is 10.7. The zero-order valence-electron chi connectivity index (χ0n) is 10.0. The molecular formula is C13H8ClFN4O. The summed E-state index contributed by atoms with van der Waals surface area (Å²) in [5.41, 5.74) is 0.965. The minimum Gasteiger partial charge on any atom is -0.344 e. The SMILES string of the molecule is O=C(Nc1c[nH]c2ncc(Cl)c(F)c12)c1cccnc1. The largest absolute Gasteiger partial charge is 0.344 e. The van der Waals surface area contributed by atoms with Crippen molar-refractivity contribution in [2.24, 2.45) is 0 Å². The third kappa shape index (κ3) is 2.10. The lowest BCUT2D eigenvalue weighted by molar-refractivity contribution is 0.102. The van der Waals surface area contributed by atoms with Crippen molar-refractivity contribution in [2.45, 2.75) is 0 Å². The number of amides is 1. The summed E-state index contributed by atoms with van der Waals surface area (Å²) in [5.74, 6) is -1.02. The molecule has 7 heteroatoms. The first-order chi connectivity index (χ1) is 9.66. The zero-order chi connectivity index (χ0) is 14.1. The fraction of sp³-hybridized carbons (Fsp3) is 0. The number of pyridine rings is 2. The number of nitrogens with zero attached hydrogens (tertiary/aromatic N) is 2. The topological polar surface area (TPSA) is 70.7 Å². The summed E-state index contributed by atoms with van der Waals surface area (Å²) < 4.78 is 14.0. The van der Waals surface area contributed by atoms with E-state index in [1.165, 1.54) is 18.6 Å². The van der Waals surface area contributed by atoms with Crippen LogP contribution in [-0.4, -0.2) is 20.9 Å². The van der Waals surface area contributed by atoms with Gasteiger partial charge < -0.3 is 10.3 Å². The lowest BCUT2D eigenvalue weighted by atomic mass is 10.2. The van der Waals surface area contributed by atoms with Crippen molar-refractivity contribution < 1.29 is 9.18 Å².